The van der Waals surface area contributed by atoms with Gasteiger partial charge < -0.3 is 19.3 Å². The van der Waals surface area contributed by atoms with Gasteiger partial charge in [-0.25, -0.2) is 0 Å². The van der Waals surface area contributed by atoms with Gasteiger partial charge >= 0.3 is 0 Å². The molecular weight excluding hydrogens is 450 g/mol. The van der Waals surface area contributed by atoms with Gasteiger partial charge in [-0.05, 0) is 51.2 Å². The first-order valence-electron chi connectivity index (χ1n) is 12.6. The molecule has 4 rings (SSSR count). The van der Waals surface area contributed by atoms with Crippen molar-refractivity contribution in [3.05, 3.63) is 89.5 Å². The number of nitrogens with zero attached hydrogens (tertiary/aromatic N) is 1. The average molecular weight is 486 g/mol. The highest BCUT2D eigenvalue weighted by molar-refractivity contribution is 5.55. The molecule has 5 heteroatoms. The Balaban J connectivity index is 1.58. The molecule has 0 fully saturated rings. The molecule has 0 bridgehead atoms. The van der Waals surface area contributed by atoms with E-state index in [-0.39, 0.29) is 12.5 Å². The van der Waals surface area contributed by atoms with Crippen molar-refractivity contribution in [1.82, 2.24) is 0 Å². The van der Waals surface area contributed by atoms with Crippen LogP contribution in [0, 0.1) is 11.3 Å². The van der Waals surface area contributed by atoms with Crippen LogP contribution in [0.2, 0.25) is 0 Å². The molecule has 2 atom stereocenters. The molecule has 3 aromatic rings. The van der Waals surface area contributed by atoms with E-state index >= 15 is 0 Å². The number of fused-ring (bicyclic) bond motifs is 1. The van der Waals surface area contributed by atoms with Crippen molar-refractivity contribution in [2.75, 3.05) is 0 Å². The normalized spacial score (nSPS) is 18.9. The molecule has 5 nitrogen and oxygen atoms in total. The summed E-state index contributed by atoms with van der Waals surface area (Å²) in [7, 11) is 0. The molecule has 1 aliphatic rings. The number of rotatable bonds is 10. The minimum atomic E-state index is -1.38. The number of ether oxygens (including phenoxy) is 3. The predicted molar refractivity (Wildman–Crippen MR) is 140 cm³/mol. The molecule has 1 aliphatic heterocycles. The highest BCUT2D eigenvalue weighted by Gasteiger charge is 2.46. The van der Waals surface area contributed by atoms with E-state index in [0.29, 0.717) is 35.8 Å². The lowest BCUT2D eigenvalue weighted by Crippen LogP contribution is -2.44. The van der Waals surface area contributed by atoms with Crippen LogP contribution in [-0.2, 0) is 18.6 Å². The number of benzene rings is 3. The van der Waals surface area contributed by atoms with E-state index < -0.39 is 11.2 Å². The molecule has 0 aliphatic carbocycles. The van der Waals surface area contributed by atoms with E-state index in [2.05, 4.69) is 37.3 Å². The summed E-state index contributed by atoms with van der Waals surface area (Å²) in [5, 5.41) is 21.1. The first-order chi connectivity index (χ1) is 17.3. The van der Waals surface area contributed by atoms with Crippen molar-refractivity contribution in [1.29, 1.82) is 5.26 Å². The Labute approximate surface area is 214 Å². The molecule has 0 saturated carbocycles. The molecule has 0 amide bonds. The second-order valence-electron chi connectivity index (χ2n) is 10.3. The van der Waals surface area contributed by atoms with E-state index in [4.69, 9.17) is 14.2 Å². The van der Waals surface area contributed by atoms with Crippen LogP contribution in [0.4, 0.5) is 0 Å². The van der Waals surface area contributed by atoms with Crippen LogP contribution >= 0.6 is 0 Å². The van der Waals surface area contributed by atoms with Crippen molar-refractivity contribution in [2.24, 2.45) is 0 Å². The van der Waals surface area contributed by atoms with Crippen LogP contribution in [-0.4, -0.2) is 16.8 Å². The number of hydrogen-bond donors (Lipinski definition) is 1. The molecule has 2 unspecified atom stereocenters. The predicted octanol–water partition coefficient (Wildman–Crippen LogP) is 6.72. The van der Waals surface area contributed by atoms with Gasteiger partial charge in [-0.1, -0.05) is 60.7 Å². The first kappa shape index (κ1) is 25.6. The Morgan fingerprint density at radius 1 is 1.03 bits per heavy atom. The van der Waals surface area contributed by atoms with Crippen molar-refractivity contribution in [2.45, 2.75) is 76.8 Å². The van der Waals surface area contributed by atoms with E-state index in [1.165, 1.54) is 5.56 Å². The third kappa shape index (κ3) is 6.38. The maximum Gasteiger partial charge on any atom is 0.133 e. The summed E-state index contributed by atoms with van der Waals surface area (Å²) < 4.78 is 18.8. The van der Waals surface area contributed by atoms with Crippen molar-refractivity contribution in [3.63, 3.8) is 0 Å². The summed E-state index contributed by atoms with van der Waals surface area (Å²) in [6.07, 6.45) is 3.14. The van der Waals surface area contributed by atoms with E-state index in [1.54, 1.807) is 0 Å². The second kappa shape index (κ2) is 11.1. The fraction of sp³-hybridized carbons (Fsp3) is 0.387. The molecule has 0 saturated heterocycles. The molecular formula is C31H35NO4. The average Bonchev–Trinajstić information content (AvgIpc) is 2.83. The Hall–Kier alpha value is -3.49. The summed E-state index contributed by atoms with van der Waals surface area (Å²) in [6, 6.07) is 26.1. The number of aryl methyl sites for hydroxylation is 1. The zero-order chi connectivity index (χ0) is 25.6. The van der Waals surface area contributed by atoms with E-state index in [0.717, 1.165) is 24.8 Å². The lowest BCUT2D eigenvalue weighted by Gasteiger charge is -2.42. The molecule has 188 valence electrons. The third-order valence-corrected chi connectivity index (χ3v) is 6.47. The number of hydrogen-bond acceptors (Lipinski definition) is 5. The quantitative estimate of drug-likeness (QED) is 0.345. The molecule has 36 heavy (non-hydrogen) atoms. The van der Waals surface area contributed by atoms with Crippen LogP contribution < -0.4 is 14.2 Å². The van der Waals surface area contributed by atoms with Crippen LogP contribution in [0.3, 0.4) is 0 Å². The topological polar surface area (TPSA) is 71.7 Å². The summed E-state index contributed by atoms with van der Waals surface area (Å²) in [6.45, 7) is 6.23. The highest BCUT2D eigenvalue weighted by atomic mass is 16.5. The van der Waals surface area contributed by atoms with Gasteiger partial charge in [0.2, 0.25) is 0 Å². The van der Waals surface area contributed by atoms with Crippen molar-refractivity contribution >= 4 is 0 Å². The van der Waals surface area contributed by atoms with Gasteiger partial charge in [-0.2, -0.15) is 5.26 Å². The number of nitriles is 1. The smallest absolute Gasteiger partial charge is 0.133 e. The van der Waals surface area contributed by atoms with Crippen LogP contribution in [0.15, 0.2) is 72.8 Å². The summed E-state index contributed by atoms with van der Waals surface area (Å²) in [4.78, 5) is 0. The molecule has 0 radical (unpaired) electrons. The SMILES string of the molecule is CC(CCCc1ccccc1)Oc1cc(OCc2ccccc2)c2c(c1)OC(C)(C)CC2(O)CC#N. The molecule has 0 aromatic heterocycles. The van der Waals surface area contributed by atoms with Crippen LogP contribution in [0.25, 0.3) is 0 Å². The summed E-state index contributed by atoms with van der Waals surface area (Å²) >= 11 is 0. The van der Waals surface area contributed by atoms with Crippen molar-refractivity contribution in [3.8, 4) is 23.3 Å². The molecule has 3 aromatic carbocycles. The zero-order valence-electron chi connectivity index (χ0n) is 21.4. The Bertz CT molecular complexity index is 1190. The van der Waals surface area contributed by atoms with Crippen LogP contribution in [0.5, 0.6) is 17.2 Å². The monoisotopic (exact) mass is 485 g/mol. The molecule has 0 spiro atoms. The Morgan fingerprint density at radius 3 is 2.36 bits per heavy atom. The van der Waals surface area contributed by atoms with Gasteiger partial charge in [0.25, 0.3) is 0 Å². The zero-order valence-corrected chi connectivity index (χ0v) is 21.4. The number of aliphatic hydroxyl groups is 1. The molecule has 1 N–H and O–H groups in total. The Morgan fingerprint density at radius 2 is 1.69 bits per heavy atom. The van der Waals surface area contributed by atoms with Gasteiger partial charge in [0.15, 0.2) is 0 Å². The van der Waals surface area contributed by atoms with Gasteiger partial charge in [0.1, 0.15) is 35.1 Å². The largest absolute Gasteiger partial charge is 0.490 e. The van der Waals surface area contributed by atoms with Crippen molar-refractivity contribution < 1.29 is 19.3 Å². The maximum absolute atomic E-state index is 11.6. The summed E-state index contributed by atoms with van der Waals surface area (Å²) in [5.74, 6) is 1.61. The van der Waals surface area contributed by atoms with E-state index in [9.17, 15) is 10.4 Å². The molecule has 1 heterocycles. The van der Waals surface area contributed by atoms with Gasteiger partial charge in [-0.15, -0.1) is 0 Å². The third-order valence-electron chi connectivity index (χ3n) is 6.47. The Kier molecular flexibility index (Phi) is 7.86. The lowest BCUT2D eigenvalue weighted by atomic mass is 9.78. The van der Waals surface area contributed by atoms with Gasteiger partial charge in [0, 0.05) is 18.6 Å². The fourth-order valence-corrected chi connectivity index (χ4v) is 4.96. The van der Waals surface area contributed by atoms with Gasteiger partial charge in [-0.3, -0.25) is 0 Å². The fourth-order valence-electron chi connectivity index (χ4n) is 4.96. The minimum absolute atomic E-state index is 0.0108. The van der Waals surface area contributed by atoms with Gasteiger partial charge in [0.05, 0.1) is 24.2 Å². The first-order valence-corrected chi connectivity index (χ1v) is 12.6. The summed E-state index contributed by atoms with van der Waals surface area (Å²) in [5.41, 5.74) is 0.825. The minimum Gasteiger partial charge on any atom is -0.490 e. The second-order valence-corrected chi connectivity index (χ2v) is 10.3. The highest BCUT2D eigenvalue weighted by Crippen LogP contribution is 2.51. The lowest BCUT2D eigenvalue weighted by molar-refractivity contribution is -0.0629. The van der Waals surface area contributed by atoms with Crippen LogP contribution in [0.1, 0.15) is 63.1 Å². The maximum atomic E-state index is 11.6. The standard InChI is InChI=1S/C31H35NO4/c1-23(11-10-16-24-12-6-4-7-13-24)35-26-19-27(34-21-25-14-8-5-9-15-25)29-28(20-26)36-30(2,3)22-31(29,33)17-18-32/h4-9,12-15,19-20,23,33H,10-11,16-17,21-22H2,1-3H3. The van der Waals surface area contributed by atoms with E-state index in [1.807, 2.05) is 62.4 Å².